The van der Waals surface area contributed by atoms with Gasteiger partial charge in [0.05, 0.1) is 10.5 Å². The van der Waals surface area contributed by atoms with Crippen LogP contribution in [0.5, 0.6) is 0 Å². The first-order valence-electron chi connectivity index (χ1n) is 6.66. The Morgan fingerprint density at radius 1 is 1.30 bits per heavy atom. The molecule has 1 unspecified atom stereocenters. The molecule has 0 radical (unpaired) electrons. The Morgan fingerprint density at radius 3 is 2.30 bits per heavy atom. The van der Waals surface area contributed by atoms with E-state index in [9.17, 15) is 28.1 Å². The molecule has 0 saturated heterocycles. The molecule has 0 amide bonds. The number of anilines is 1. The monoisotopic (exact) mass is 334 g/mol. The van der Waals surface area contributed by atoms with Gasteiger partial charge in [0.25, 0.3) is 5.69 Å². The number of carbonyl (C=O) groups is 1. The zero-order valence-electron chi connectivity index (χ0n) is 13.0. The van der Waals surface area contributed by atoms with Crippen molar-refractivity contribution < 1.29 is 27.6 Å². The molecule has 1 N–H and O–H groups in total. The molecule has 0 saturated carbocycles. The second-order valence-corrected chi connectivity index (χ2v) is 5.89. The summed E-state index contributed by atoms with van der Waals surface area (Å²) in [5.41, 5.74) is -2.85. The zero-order chi connectivity index (χ0) is 18.0. The SMILES string of the molecule is CC(Nc1ccc(C(F)(F)F)cc1[N+](=O)[O-])C(=O)OC(C)(C)C. The molecule has 1 atom stereocenters. The number of nitro benzene ring substituents is 1. The highest BCUT2D eigenvalue weighted by molar-refractivity contribution is 5.80. The van der Waals surface area contributed by atoms with Crippen LogP contribution in [0, 0.1) is 10.1 Å². The standard InChI is InChI=1S/C14H17F3N2O4/c1-8(12(20)23-13(2,3)4)18-10-6-5-9(14(15,16)17)7-11(10)19(21)22/h5-8,18H,1-4H3. The molecule has 23 heavy (non-hydrogen) atoms. The van der Waals surface area contributed by atoms with E-state index in [0.29, 0.717) is 12.1 Å². The first-order chi connectivity index (χ1) is 10.3. The fraction of sp³-hybridized carbons (Fsp3) is 0.500. The molecule has 9 heteroatoms. The summed E-state index contributed by atoms with van der Waals surface area (Å²) in [5.74, 6) is -0.674. The first kappa shape index (κ1) is 18.7. The summed E-state index contributed by atoms with van der Waals surface area (Å²) in [6.45, 7) is 6.35. The predicted molar refractivity (Wildman–Crippen MR) is 77.0 cm³/mol. The van der Waals surface area contributed by atoms with Crippen LogP contribution < -0.4 is 5.32 Å². The molecule has 0 aromatic heterocycles. The van der Waals surface area contributed by atoms with Crippen LogP contribution in [0.25, 0.3) is 0 Å². The minimum absolute atomic E-state index is 0.193. The minimum atomic E-state index is -4.69. The smallest absolute Gasteiger partial charge is 0.416 e. The Balaban J connectivity index is 3.04. The molecule has 1 aromatic carbocycles. The average molecular weight is 334 g/mol. The van der Waals surface area contributed by atoms with Crippen molar-refractivity contribution in [3.8, 4) is 0 Å². The largest absolute Gasteiger partial charge is 0.458 e. The average Bonchev–Trinajstić information content (AvgIpc) is 2.35. The number of esters is 1. The third kappa shape index (κ3) is 5.42. The van der Waals surface area contributed by atoms with E-state index in [2.05, 4.69) is 5.32 Å². The summed E-state index contributed by atoms with van der Waals surface area (Å²) < 4.78 is 43.0. The molecule has 1 aromatic rings. The van der Waals surface area contributed by atoms with E-state index < -0.39 is 40.0 Å². The predicted octanol–water partition coefficient (Wildman–Crippen LogP) is 3.76. The number of alkyl halides is 3. The summed E-state index contributed by atoms with van der Waals surface area (Å²) >= 11 is 0. The number of halogens is 3. The lowest BCUT2D eigenvalue weighted by molar-refractivity contribution is -0.384. The lowest BCUT2D eigenvalue weighted by Gasteiger charge is -2.23. The van der Waals surface area contributed by atoms with E-state index in [-0.39, 0.29) is 5.69 Å². The Bertz CT molecular complexity index is 609. The van der Waals surface area contributed by atoms with Gasteiger partial charge in [-0.2, -0.15) is 13.2 Å². The van der Waals surface area contributed by atoms with Crippen LogP contribution in [-0.4, -0.2) is 22.5 Å². The van der Waals surface area contributed by atoms with Crippen molar-refractivity contribution in [3.05, 3.63) is 33.9 Å². The van der Waals surface area contributed by atoms with Gasteiger partial charge in [-0.1, -0.05) is 0 Å². The Labute approximate surface area is 130 Å². The number of nitro groups is 1. The van der Waals surface area contributed by atoms with E-state index >= 15 is 0 Å². The lowest BCUT2D eigenvalue weighted by atomic mass is 10.1. The van der Waals surface area contributed by atoms with Crippen LogP contribution in [0.1, 0.15) is 33.3 Å². The van der Waals surface area contributed by atoms with Crippen molar-refractivity contribution in [1.29, 1.82) is 0 Å². The number of benzene rings is 1. The fourth-order valence-electron chi connectivity index (χ4n) is 1.66. The van der Waals surface area contributed by atoms with E-state index in [1.807, 2.05) is 0 Å². The second kappa shape index (κ2) is 6.43. The number of nitrogens with one attached hydrogen (secondary N) is 1. The number of hydrogen-bond acceptors (Lipinski definition) is 5. The molecule has 0 aliphatic carbocycles. The third-order valence-corrected chi connectivity index (χ3v) is 2.65. The van der Waals surface area contributed by atoms with Crippen molar-refractivity contribution in [3.63, 3.8) is 0 Å². The number of hydrogen-bond donors (Lipinski definition) is 1. The van der Waals surface area contributed by atoms with Gasteiger partial charge in [-0.15, -0.1) is 0 Å². The highest BCUT2D eigenvalue weighted by Gasteiger charge is 2.33. The quantitative estimate of drug-likeness (QED) is 0.515. The summed E-state index contributed by atoms with van der Waals surface area (Å²) in [7, 11) is 0. The molecule has 0 spiro atoms. The number of rotatable bonds is 4. The van der Waals surface area contributed by atoms with E-state index in [1.165, 1.54) is 6.92 Å². The van der Waals surface area contributed by atoms with Crippen LogP contribution >= 0.6 is 0 Å². The third-order valence-electron chi connectivity index (χ3n) is 2.65. The highest BCUT2D eigenvalue weighted by atomic mass is 19.4. The fourth-order valence-corrected chi connectivity index (χ4v) is 1.66. The number of nitrogens with zero attached hydrogens (tertiary/aromatic N) is 1. The number of ether oxygens (including phenoxy) is 1. The lowest BCUT2D eigenvalue weighted by Crippen LogP contribution is -2.34. The van der Waals surface area contributed by atoms with Gasteiger partial charge >= 0.3 is 12.1 Å². The summed E-state index contributed by atoms with van der Waals surface area (Å²) in [6.07, 6.45) is -4.69. The van der Waals surface area contributed by atoms with Gasteiger partial charge < -0.3 is 10.1 Å². The number of carbonyl (C=O) groups excluding carboxylic acids is 1. The van der Waals surface area contributed by atoms with Crippen LogP contribution in [0.4, 0.5) is 24.5 Å². The molecule has 128 valence electrons. The molecule has 6 nitrogen and oxygen atoms in total. The van der Waals surface area contributed by atoms with Gasteiger partial charge in [0.1, 0.15) is 17.3 Å². The molecular formula is C14H17F3N2O4. The normalized spacial score (nSPS) is 13.3. The van der Waals surface area contributed by atoms with Crippen molar-refractivity contribution in [2.45, 2.75) is 45.5 Å². The van der Waals surface area contributed by atoms with Crippen molar-refractivity contribution in [1.82, 2.24) is 0 Å². The van der Waals surface area contributed by atoms with Crippen LogP contribution in [0.2, 0.25) is 0 Å². The zero-order valence-corrected chi connectivity index (χ0v) is 13.0. The van der Waals surface area contributed by atoms with Crippen molar-refractivity contribution in [2.75, 3.05) is 5.32 Å². The molecule has 0 heterocycles. The van der Waals surface area contributed by atoms with Crippen LogP contribution in [0.3, 0.4) is 0 Å². The van der Waals surface area contributed by atoms with E-state index in [4.69, 9.17) is 4.74 Å². The Kier molecular flexibility index (Phi) is 5.24. The molecule has 0 fully saturated rings. The maximum Gasteiger partial charge on any atom is 0.416 e. The topological polar surface area (TPSA) is 81.5 Å². The Hall–Kier alpha value is -2.32. The summed E-state index contributed by atoms with van der Waals surface area (Å²) in [4.78, 5) is 21.9. The van der Waals surface area contributed by atoms with E-state index in [1.54, 1.807) is 20.8 Å². The summed E-state index contributed by atoms with van der Waals surface area (Å²) in [6, 6.07) is 1.08. The van der Waals surface area contributed by atoms with Crippen LogP contribution in [0.15, 0.2) is 18.2 Å². The Morgan fingerprint density at radius 2 is 1.87 bits per heavy atom. The van der Waals surface area contributed by atoms with Gasteiger partial charge in [0.2, 0.25) is 0 Å². The molecule has 0 aliphatic rings. The highest BCUT2D eigenvalue weighted by Crippen LogP contribution is 2.35. The molecule has 0 bridgehead atoms. The van der Waals surface area contributed by atoms with Gasteiger partial charge in [-0.3, -0.25) is 10.1 Å². The van der Waals surface area contributed by atoms with Gasteiger partial charge in [0, 0.05) is 6.07 Å². The van der Waals surface area contributed by atoms with Gasteiger partial charge in [-0.05, 0) is 39.8 Å². The summed E-state index contributed by atoms with van der Waals surface area (Å²) in [5, 5.41) is 13.5. The van der Waals surface area contributed by atoms with Crippen LogP contribution in [-0.2, 0) is 15.7 Å². The first-order valence-corrected chi connectivity index (χ1v) is 6.66. The van der Waals surface area contributed by atoms with E-state index in [0.717, 1.165) is 6.07 Å². The minimum Gasteiger partial charge on any atom is -0.458 e. The van der Waals surface area contributed by atoms with Crippen molar-refractivity contribution in [2.24, 2.45) is 0 Å². The van der Waals surface area contributed by atoms with Gasteiger partial charge in [-0.25, -0.2) is 4.79 Å². The molecule has 0 aliphatic heterocycles. The van der Waals surface area contributed by atoms with Gasteiger partial charge in [0.15, 0.2) is 0 Å². The molecular weight excluding hydrogens is 317 g/mol. The van der Waals surface area contributed by atoms with Crippen molar-refractivity contribution >= 4 is 17.3 Å². The maximum absolute atomic E-state index is 12.6. The second-order valence-electron chi connectivity index (χ2n) is 5.89. The maximum atomic E-state index is 12.6. The molecule has 1 rings (SSSR count).